The van der Waals surface area contributed by atoms with Gasteiger partial charge in [0.05, 0.1) is 17.8 Å². The zero-order chi connectivity index (χ0) is 29.4. The van der Waals surface area contributed by atoms with Crippen LogP contribution in [0.1, 0.15) is 26.5 Å². The van der Waals surface area contributed by atoms with Crippen molar-refractivity contribution >= 4 is 57.7 Å². The van der Waals surface area contributed by atoms with Crippen LogP contribution < -0.4 is 16.2 Å². The first kappa shape index (κ1) is 29.1. The predicted octanol–water partition coefficient (Wildman–Crippen LogP) is -0.539. The number of nitrogens with two attached hydrogens (primary N) is 1. The first-order valence-corrected chi connectivity index (χ1v) is 13.8. The van der Waals surface area contributed by atoms with E-state index < -0.39 is 53.4 Å². The van der Waals surface area contributed by atoms with Gasteiger partial charge < -0.3 is 40.5 Å². The Morgan fingerprint density at radius 3 is 2.73 bits per heavy atom. The number of thioether (sulfide) groups is 1. The Kier molecular flexibility index (Phi) is 8.23. The molecule has 16 heteroatoms. The lowest BCUT2D eigenvalue weighted by atomic mass is 9.96. The molecule has 4 N–H and O–H groups in total. The number of nitrogen functional groups attached to an aromatic ring is 1. The molecular formula is C24H27N6O8S2-. The number of fused-ring (bicyclic) bond motifs is 1. The summed E-state index contributed by atoms with van der Waals surface area (Å²) in [6.07, 6.45) is 3.99. The average Bonchev–Trinajstić information content (AvgIpc) is 3.32. The molecule has 1 fully saturated rings. The van der Waals surface area contributed by atoms with Crippen molar-refractivity contribution in [1.82, 2.24) is 20.1 Å². The lowest BCUT2D eigenvalue weighted by molar-refractivity contribution is -0.304. The minimum atomic E-state index is -1.78. The highest BCUT2D eigenvalue weighted by Gasteiger charge is 2.55. The Morgan fingerprint density at radius 2 is 2.15 bits per heavy atom. The van der Waals surface area contributed by atoms with Crippen molar-refractivity contribution in [3.05, 3.63) is 45.6 Å². The van der Waals surface area contributed by atoms with Crippen molar-refractivity contribution in [3.63, 3.8) is 0 Å². The van der Waals surface area contributed by atoms with Crippen molar-refractivity contribution in [3.8, 4) is 0 Å². The van der Waals surface area contributed by atoms with E-state index in [9.17, 15) is 29.4 Å². The highest BCUT2D eigenvalue weighted by Crippen LogP contribution is 2.38. The number of β-lactam (4-membered cyclic amide) rings is 1. The zero-order valence-corrected chi connectivity index (χ0v) is 23.6. The molecule has 0 bridgehead atoms. The fourth-order valence-electron chi connectivity index (χ4n) is 3.87. The third-order valence-electron chi connectivity index (χ3n) is 6.23. The van der Waals surface area contributed by atoms with Gasteiger partial charge in [0.15, 0.2) is 23.1 Å². The first-order chi connectivity index (χ1) is 18.8. The lowest BCUT2D eigenvalue weighted by Gasteiger charge is -2.52. The monoisotopic (exact) mass is 591 g/mol. The number of nitrogens with one attached hydrogen (secondary N) is 1. The number of allylic oxidation sites excluding steroid dienone is 1. The number of oxime groups is 1. The molecule has 0 radical (unpaired) electrons. The van der Waals surface area contributed by atoms with Gasteiger partial charge in [-0.2, -0.15) is 0 Å². The maximum Gasteiger partial charge on any atom is 0.350 e. The van der Waals surface area contributed by atoms with Gasteiger partial charge in [-0.25, -0.2) is 9.78 Å². The van der Waals surface area contributed by atoms with Crippen molar-refractivity contribution in [2.45, 2.75) is 44.7 Å². The topological polar surface area (TPSA) is 200 Å². The molecule has 1 saturated heterocycles. The maximum absolute atomic E-state index is 13.2. The summed E-state index contributed by atoms with van der Waals surface area (Å²) in [5.41, 5.74) is 3.54. The van der Waals surface area contributed by atoms with E-state index in [0.717, 1.165) is 21.1 Å². The Morgan fingerprint density at radius 1 is 1.43 bits per heavy atom. The molecule has 4 heterocycles. The van der Waals surface area contributed by atoms with E-state index in [0.29, 0.717) is 12.1 Å². The molecular weight excluding hydrogens is 564 g/mol. The molecule has 3 unspecified atom stereocenters. The lowest BCUT2D eigenvalue weighted by Crippen LogP contribution is -2.74. The van der Waals surface area contributed by atoms with Crippen LogP contribution in [0.25, 0.3) is 0 Å². The van der Waals surface area contributed by atoms with Gasteiger partial charge in [-0.3, -0.25) is 14.5 Å². The Balaban J connectivity index is 1.53. The first-order valence-electron chi connectivity index (χ1n) is 12.0. The summed E-state index contributed by atoms with van der Waals surface area (Å²) in [6, 6.07) is -1.26. The van der Waals surface area contributed by atoms with Gasteiger partial charge in [0.25, 0.3) is 11.8 Å². The molecule has 0 spiro atoms. The number of hydrogen-bond donors (Lipinski definition) is 3. The number of likely N-dealkylation sites (N-methyl/N-ethyl adjacent to an activating group) is 1. The molecule has 1 aromatic rings. The third-order valence-corrected chi connectivity index (χ3v) is 8.00. The molecule has 0 aliphatic carbocycles. The minimum absolute atomic E-state index is 0.00496. The van der Waals surface area contributed by atoms with Gasteiger partial charge in [0.2, 0.25) is 5.60 Å². The number of hydrogen-bond acceptors (Lipinski definition) is 13. The average molecular weight is 592 g/mol. The Labute approximate surface area is 237 Å². The van der Waals surface area contributed by atoms with Crippen LogP contribution >= 0.6 is 23.1 Å². The summed E-state index contributed by atoms with van der Waals surface area (Å²) >= 11 is 2.42. The van der Waals surface area contributed by atoms with Crippen LogP contribution in [-0.2, 0) is 28.8 Å². The number of thiazole rings is 1. The normalized spacial score (nSPS) is 22.9. The summed E-state index contributed by atoms with van der Waals surface area (Å²) < 4.78 is 5.95. The Hall–Kier alpha value is -3.89. The van der Waals surface area contributed by atoms with Crippen LogP contribution in [0.4, 0.5) is 5.13 Å². The van der Waals surface area contributed by atoms with Crippen LogP contribution in [-0.4, -0.2) is 92.7 Å². The van der Waals surface area contributed by atoms with Gasteiger partial charge in [0.1, 0.15) is 5.69 Å². The van der Waals surface area contributed by atoms with Gasteiger partial charge in [-0.05, 0) is 32.4 Å². The summed E-state index contributed by atoms with van der Waals surface area (Å²) in [4.78, 5) is 62.8. The summed E-state index contributed by atoms with van der Waals surface area (Å²) in [6.45, 7) is 4.83. The molecule has 214 valence electrons. The maximum atomic E-state index is 13.2. The molecule has 3 atom stereocenters. The quantitative estimate of drug-likeness (QED) is 0.179. The summed E-state index contributed by atoms with van der Waals surface area (Å²) in [5, 5.41) is 29.1. The van der Waals surface area contributed by atoms with Gasteiger partial charge >= 0.3 is 5.97 Å². The number of ether oxygens (including phenoxy) is 1. The fourth-order valence-corrected chi connectivity index (χ4v) is 5.46. The molecule has 3 aliphatic heterocycles. The van der Waals surface area contributed by atoms with E-state index >= 15 is 0 Å². The molecule has 0 aromatic carbocycles. The largest absolute Gasteiger partial charge is 0.543 e. The van der Waals surface area contributed by atoms with E-state index in [-0.39, 0.29) is 22.3 Å². The highest BCUT2D eigenvalue weighted by molar-refractivity contribution is 8.03. The van der Waals surface area contributed by atoms with Crippen LogP contribution in [0.2, 0.25) is 0 Å². The van der Waals surface area contributed by atoms with Crippen molar-refractivity contribution in [2.24, 2.45) is 5.16 Å². The van der Waals surface area contributed by atoms with Gasteiger partial charge in [-0.15, -0.1) is 23.1 Å². The molecule has 1 aromatic heterocycles. The highest BCUT2D eigenvalue weighted by atomic mass is 32.2. The minimum Gasteiger partial charge on any atom is -0.543 e. The molecule has 4 rings (SSSR count). The summed E-state index contributed by atoms with van der Waals surface area (Å²) in [5.74, 6) is -4.28. The Bertz CT molecular complexity index is 1370. The van der Waals surface area contributed by atoms with E-state index in [4.69, 9.17) is 15.3 Å². The smallest absolute Gasteiger partial charge is 0.350 e. The number of rotatable bonds is 10. The molecule has 14 nitrogen and oxygen atoms in total. The van der Waals surface area contributed by atoms with E-state index in [1.54, 1.807) is 6.92 Å². The number of amides is 2. The predicted molar refractivity (Wildman–Crippen MR) is 143 cm³/mol. The number of carboxylic acid groups (broad SMARTS) is 2. The van der Waals surface area contributed by atoms with Crippen LogP contribution in [0.15, 0.2) is 45.1 Å². The van der Waals surface area contributed by atoms with Gasteiger partial charge in [-0.1, -0.05) is 11.2 Å². The van der Waals surface area contributed by atoms with E-state index in [1.807, 2.05) is 30.3 Å². The van der Waals surface area contributed by atoms with Gasteiger partial charge in [0, 0.05) is 35.8 Å². The molecule has 3 aliphatic rings. The summed E-state index contributed by atoms with van der Waals surface area (Å²) in [7, 11) is 1.93. The number of anilines is 1. The number of aliphatic carboxylic acids is 2. The molecule has 40 heavy (non-hydrogen) atoms. The number of nitrogens with zero attached hydrogens (tertiary/aromatic N) is 4. The second kappa shape index (κ2) is 11.3. The number of aromatic nitrogens is 1. The van der Waals surface area contributed by atoms with Crippen molar-refractivity contribution < 1.29 is 39.0 Å². The third kappa shape index (κ3) is 5.83. The number of carboxylic acids is 2. The zero-order valence-electron chi connectivity index (χ0n) is 21.9. The van der Waals surface area contributed by atoms with E-state index in [2.05, 4.69) is 15.5 Å². The standard InChI is InChI=1S/C24H28N6O8S2/c1-11-13(9-39-12-5-7-29(4)8-6-12)17(21(33)34)30-19(32)16(20(30)37-11)27-18(31)15(14-10-40-23(25)26-14)28-38-24(2,3)22(35)36/h5-7,10-11,16,20H,8-9H2,1-4H3,(H2,25,26)(H,27,31)(H,33,34)(H,35,36)/p-1. The van der Waals surface area contributed by atoms with Crippen molar-refractivity contribution in [2.75, 3.05) is 25.1 Å². The number of carbonyl (C=O) groups excluding carboxylic acids is 3. The second-order valence-corrected chi connectivity index (χ2v) is 11.5. The van der Waals surface area contributed by atoms with E-state index in [1.165, 1.54) is 31.0 Å². The molecule has 0 saturated carbocycles. The molecule has 2 amide bonds. The second-order valence-electron chi connectivity index (χ2n) is 9.56. The fraction of sp³-hybridized carbons (Fsp3) is 0.417. The van der Waals surface area contributed by atoms with Crippen molar-refractivity contribution in [1.29, 1.82) is 0 Å². The number of carbonyl (C=O) groups is 4. The van der Waals surface area contributed by atoms with Crippen LogP contribution in [0.5, 0.6) is 0 Å². The van der Waals surface area contributed by atoms with Crippen LogP contribution in [0.3, 0.4) is 0 Å². The van der Waals surface area contributed by atoms with Crippen LogP contribution in [0, 0.1) is 0 Å². The SMILES string of the molecule is CC1OC2C(NC(=O)C(=NOC(C)(C)C(=O)O)c3csc(N)n3)C(=O)N2C(C(=O)[O-])=C1CSC1=CCN(C)C=C1.